The molecule has 0 spiro atoms. The second kappa shape index (κ2) is 8.88. The normalized spacial score (nSPS) is 11.9. The van der Waals surface area contributed by atoms with E-state index < -0.39 is 21.6 Å². The van der Waals surface area contributed by atoms with Gasteiger partial charge in [-0.1, -0.05) is 0 Å². The summed E-state index contributed by atoms with van der Waals surface area (Å²) in [4.78, 5) is 0. The summed E-state index contributed by atoms with van der Waals surface area (Å²) in [6, 6.07) is 13.6. The number of azo groups is 2. The lowest BCUT2D eigenvalue weighted by atomic mass is 10.3. The summed E-state index contributed by atoms with van der Waals surface area (Å²) in [6.07, 6.45) is 0. The molecule has 8 nitrogen and oxygen atoms in total. The van der Waals surface area contributed by atoms with E-state index in [0.29, 0.717) is 22.9 Å². The van der Waals surface area contributed by atoms with Crippen LogP contribution in [0.15, 0.2) is 69.0 Å². The summed E-state index contributed by atoms with van der Waals surface area (Å²) in [5.41, 5.74) is 1.08. The second-order valence-electron chi connectivity index (χ2n) is 4.88. The van der Waals surface area contributed by atoms with Crippen LogP contribution in [0.25, 0.3) is 0 Å². The van der Waals surface area contributed by atoms with Crippen molar-refractivity contribution in [1.82, 2.24) is 0 Å². The van der Waals surface area contributed by atoms with Gasteiger partial charge >= 0.3 is 0 Å². The third-order valence-electron chi connectivity index (χ3n) is 3.03. The van der Waals surface area contributed by atoms with Crippen LogP contribution in [0.2, 0.25) is 0 Å². The van der Waals surface area contributed by atoms with E-state index in [1.165, 1.54) is 0 Å². The first kappa shape index (κ1) is 18.5. The molecule has 0 aliphatic carbocycles. The van der Waals surface area contributed by atoms with E-state index in [1.807, 2.05) is 0 Å². The Morgan fingerprint density at radius 3 is 1.40 bits per heavy atom. The Bertz CT molecular complexity index is 766. The van der Waals surface area contributed by atoms with Gasteiger partial charge in [0.1, 0.15) is 11.5 Å². The Morgan fingerprint density at radius 1 is 0.720 bits per heavy atom. The number of methoxy groups -OCH3 is 2. The lowest BCUT2D eigenvalue weighted by molar-refractivity contribution is 0.414. The Labute approximate surface area is 146 Å². The summed E-state index contributed by atoms with van der Waals surface area (Å²) in [7, 11) is -0.400. The Balaban J connectivity index is 1.87. The highest BCUT2D eigenvalue weighted by Crippen LogP contribution is 2.19. The monoisotopic (exact) mass is 362 g/mol. The fourth-order valence-electron chi connectivity index (χ4n) is 1.74. The summed E-state index contributed by atoms with van der Waals surface area (Å²) in [5, 5.41) is 15.1. The number of nitrogens with zero attached hydrogens (tertiary/aromatic N) is 4. The maximum absolute atomic E-state index is 11.9. The molecule has 0 heterocycles. The molecule has 0 aliphatic rings. The van der Waals surface area contributed by atoms with E-state index >= 15 is 0 Å². The molecule has 0 radical (unpaired) electrons. The molecule has 9 heteroatoms. The minimum Gasteiger partial charge on any atom is -0.497 e. The number of hydrogen-bond acceptors (Lipinski definition) is 8. The molecule has 0 saturated heterocycles. The average molecular weight is 362 g/mol. The molecule has 2 aromatic carbocycles. The van der Waals surface area contributed by atoms with Crippen molar-refractivity contribution < 1.29 is 17.9 Å². The number of sulfone groups is 1. The highest BCUT2D eigenvalue weighted by molar-refractivity contribution is 7.91. The van der Waals surface area contributed by atoms with Crippen molar-refractivity contribution in [1.29, 1.82) is 0 Å². The lowest BCUT2D eigenvalue weighted by Crippen LogP contribution is -2.06. The largest absolute Gasteiger partial charge is 0.497 e. The minimum absolute atomic E-state index is 0.458. The number of rotatable bonds is 8. The predicted molar refractivity (Wildman–Crippen MR) is 93.7 cm³/mol. The molecule has 0 unspecified atom stereocenters. The van der Waals surface area contributed by atoms with Gasteiger partial charge in [0.05, 0.1) is 25.6 Å². The van der Waals surface area contributed by atoms with Crippen LogP contribution in [0.1, 0.15) is 0 Å². The Kier molecular flexibility index (Phi) is 6.58. The summed E-state index contributed by atoms with van der Waals surface area (Å²) >= 11 is 0. The predicted octanol–water partition coefficient (Wildman–Crippen LogP) is 3.90. The Hall–Kier alpha value is -2.81. The van der Waals surface area contributed by atoms with Crippen LogP contribution >= 0.6 is 0 Å². The molecule has 2 aromatic rings. The van der Waals surface area contributed by atoms with Crippen molar-refractivity contribution in [2.24, 2.45) is 20.5 Å². The smallest absolute Gasteiger partial charge is 0.194 e. The third-order valence-corrected chi connectivity index (χ3v) is 4.04. The maximum atomic E-state index is 11.9. The maximum Gasteiger partial charge on any atom is 0.194 e. The highest BCUT2D eigenvalue weighted by Gasteiger charge is 2.09. The van der Waals surface area contributed by atoms with Crippen molar-refractivity contribution in [3.05, 3.63) is 48.5 Å². The minimum atomic E-state index is -3.52. The topological polar surface area (TPSA) is 102 Å². The van der Waals surface area contributed by atoms with Crippen molar-refractivity contribution in [2.45, 2.75) is 0 Å². The molecule has 0 N–H and O–H groups in total. The van der Waals surface area contributed by atoms with Crippen LogP contribution in [-0.4, -0.2) is 34.4 Å². The van der Waals surface area contributed by atoms with Gasteiger partial charge in [-0.25, -0.2) is 8.42 Å². The van der Waals surface area contributed by atoms with Crippen molar-refractivity contribution in [3.63, 3.8) is 0 Å². The SMILES string of the molecule is COc1ccc(N=NCS(=O)(=O)CN=Nc2ccc(OC)cc2)cc1. The van der Waals surface area contributed by atoms with E-state index in [4.69, 9.17) is 9.47 Å². The van der Waals surface area contributed by atoms with Crippen LogP contribution in [0, 0.1) is 0 Å². The Morgan fingerprint density at radius 2 is 1.08 bits per heavy atom. The summed E-state index contributed by atoms with van der Waals surface area (Å²) < 4.78 is 33.8. The van der Waals surface area contributed by atoms with Gasteiger partial charge in [0, 0.05) is 0 Å². The fourth-order valence-corrected chi connectivity index (χ4v) is 2.28. The summed E-state index contributed by atoms with van der Waals surface area (Å²) in [6.45, 7) is 0. The van der Waals surface area contributed by atoms with Crippen molar-refractivity contribution in [2.75, 3.05) is 26.0 Å². The molecule has 0 saturated carbocycles. The van der Waals surface area contributed by atoms with Gasteiger partial charge in [0.2, 0.25) is 0 Å². The zero-order chi connectivity index (χ0) is 18.1. The van der Waals surface area contributed by atoms with Gasteiger partial charge < -0.3 is 9.47 Å². The molecule has 0 amide bonds. The molecule has 25 heavy (non-hydrogen) atoms. The van der Waals surface area contributed by atoms with E-state index in [0.717, 1.165) is 0 Å². The van der Waals surface area contributed by atoms with Gasteiger partial charge in [-0.05, 0) is 48.5 Å². The molecule has 0 fully saturated rings. The van der Waals surface area contributed by atoms with Crippen LogP contribution in [0.3, 0.4) is 0 Å². The standard InChI is InChI=1S/C16H18N4O4S/c1-23-15-7-3-13(4-8-15)19-17-11-25(21,22)12-18-20-14-5-9-16(24-2)10-6-14/h3-10H,11-12H2,1-2H3. The molecule has 0 atom stereocenters. The van der Waals surface area contributed by atoms with Crippen molar-refractivity contribution in [3.8, 4) is 11.5 Å². The molecule has 2 rings (SSSR count). The van der Waals surface area contributed by atoms with Gasteiger partial charge in [-0.3, -0.25) is 0 Å². The highest BCUT2D eigenvalue weighted by atomic mass is 32.2. The van der Waals surface area contributed by atoms with Crippen LogP contribution < -0.4 is 9.47 Å². The zero-order valence-electron chi connectivity index (χ0n) is 13.9. The number of ether oxygens (including phenoxy) is 2. The van der Waals surface area contributed by atoms with Gasteiger partial charge in [0.25, 0.3) is 0 Å². The van der Waals surface area contributed by atoms with E-state index in [2.05, 4.69) is 20.5 Å². The van der Waals surface area contributed by atoms with Crippen LogP contribution in [-0.2, 0) is 9.84 Å². The van der Waals surface area contributed by atoms with E-state index in [-0.39, 0.29) is 0 Å². The first-order chi connectivity index (χ1) is 12.0. The quantitative estimate of drug-likeness (QED) is 0.664. The second-order valence-corrected chi connectivity index (χ2v) is 6.88. The molecular weight excluding hydrogens is 344 g/mol. The van der Waals surface area contributed by atoms with Gasteiger partial charge in [-0.2, -0.15) is 20.5 Å². The first-order valence-electron chi connectivity index (χ1n) is 7.26. The summed E-state index contributed by atoms with van der Waals surface area (Å²) in [5.74, 6) is 0.456. The van der Waals surface area contributed by atoms with Crippen LogP contribution in [0.5, 0.6) is 11.5 Å². The average Bonchev–Trinajstić information content (AvgIpc) is 2.62. The number of benzene rings is 2. The third kappa shape index (κ3) is 6.30. The first-order valence-corrected chi connectivity index (χ1v) is 9.08. The molecular formula is C16H18N4O4S. The molecule has 0 bridgehead atoms. The lowest BCUT2D eigenvalue weighted by Gasteiger charge is -1.99. The van der Waals surface area contributed by atoms with Gasteiger partial charge in [0.15, 0.2) is 21.6 Å². The zero-order valence-corrected chi connectivity index (χ0v) is 14.7. The van der Waals surface area contributed by atoms with Gasteiger partial charge in [-0.15, -0.1) is 0 Å². The van der Waals surface area contributed by atoms with E-state index in [9.17, 15) is 8.42 Å². The van der Waals surface area contributed by atoms with E-state index in [1.54, 1.807) is 62.8 Å². The van der Waals surface area contributed by atoms with Crippen LogP contribution in [0.4, 0.5) is 11.4 Å². The fraction of sp³-hybridized carbons (Fsp3) is 0.250. The molecule has 0 aliphatic heterocycles. The van der Waals surface area contributed by atoms with Crippen molar-refractivity contribution >= 4 is 21.2 Å². The number of hydrogen-bond donors (Lipinski definition) is 0. The molecule has 0 aromatic heterocycles. The molecule has 132 valence electrons.